The lowest BCUT2D eigenvalue weighted by molar-refractivity contribution is 0.587. The largest absolute Gasteiger partial charge is 0.376 e. The van der Waals surface area contributed by atoms with Crippen LogP contribution in [0.1, 0.15) is 24.9 Å². The molecule has 2 rings (SSSR count). The number of anilines is 1. The molecule has 18 heavy (non-hydrogen) atoms. The second kappa shape index (κ2) is 5.96. The van der Waals surface area contributed by atoms with Gasteiger partial charge >= 0.3 is 0 Å². The van der Waals surface area contributed by atoms with Crippen LogP contribution in [0, 0.1) is 5.82 Å². The van der Waals surface area contributed by atoms with Gasteiger partial charge in [0.1, 0.15) is 10.4 Å². The third kappa shape index (κ3) is 2.88. The van der Waals surface area contributed by atoms with Gasteiger partial charge in [-0.1, -0.05) is 25.1 Å². The average Bonchev–Trinajstić information content (AvgIpc) is 2.39. The van der Waals surface area contributed by atoms with Gasteiger partial charge in [-0.3, -0.25) is 0 Å². The van der Waals surface area contributed by atoms with Crippen LogP contribution in [-0.4, -0.2) is 4.98 Å². The second-order valence-corrected chi connectivity index (χ2v) is 4.72. The molecule has 1 unspecified atom stereocenters. The zero-order valence-electron chi connectivity index (χ0n) is 10.0. The van der Waals surface area contributed by atoms with Gasteiger partial charge in [0.25, 0.3) is 0 Å². The van der Waals surface area contributed by atoms with Crippen molar-refractivity contribution in [2.45, 2.75) is 19.4 Å². The summed E-state index contributed by atoms with van der Waals surface area (Å²) in [5.41, 5.74) is 1.54. The van der Waals surface area contributed by atoms with Crippen LogP contribution in [0.3, 0.4) is 0 Å². The molecular formula is C14H14BrFN2. The molecule has 0 saturated carbocycles. The third-order valence-corrected chi connectivity index (χ3v) is 3.41. The van der Waals surface area contributed by atoms with Crippen LogP contribution in [0.15, 0.2) is 47.2 Å². The van der Waals surface area contributed by atoms with Crippen molar-refractivity contribution in [3.05, 3.63) is 58.6 Å². The van der Waals surface area contributed by atoms with Crippen molar-refractivity contribution in [3.8, 4) is 0 Å². The molecule has 1 atom stereocenters. The van der Waals surface area contributed by atoms with E-state index in [0.717, 1.165) is 16.7 Å². The standard InChI is InChI=1S/C14H14BrFN2/c1-2-12(10-6-3-4-7-11(10)16)18-13-8-5-9-17-14(13)15/h3-9,12,18H,2H2,1H3. The lowest BCUT2D eigenvalue weighted by Crippen LogP contribution is -2.12. The summed E-state index contributed by atoms with van der Waals surface area (Å²) in [5.74, 6) is -0.183. The predicted molar refractivity (Wildman–Crippen MR) is 75.0 cm³/mol. The molecule has 94 valence electrons. The normalized spacial score (nSPS) is 12.2. The molecule has 2 nitrogen and oxygen atoms in total. The van der Waals surface area contributed by atoms with Crippen molar-refractivity contribution in [2.75, 3.05) is 5.32 Å². The van der Waals surface area contributed by atoms with E-state index < -0.39 is 0 Å². The fraction of sp³-hybridized carbons (Fsp3) is 0.214. The molecule has 0 aliphatic heterocycles. The number of benzene rings is 1. The van der Waals surface area contributed by atoms with Crippen molar-refractivity contribution < 1.29 is 4.39 Å². The van der Waals surface area contributed by atoms with E-state index in [1.54, 1.807) is 18.3 Å². The smallest absolute Gasteiger partial charge is 0.129 e. The van der Waals surface area contributed by atoms with Crippen molar-refractivity contribution in [3.63, 3.8) is 0 Å². The van der Waals surface area contributed by atoms with Crippen LogP contribution in [-0.2, 0) is 0 Å². The molecule has 0 aliphatic carbocycles. The Morgan fingerprint density at radius 3 is 2.72 bits per heavy atom. The molecule has 0 bridgehead atoms. The summed E-state index contributed by atoms with van der Waals surface area (Å²) in [4.78, 5) is 4.14. The Morgan fingerprint density at radius 1 is 1.28 bits per heavy atom. The Bertz CT molecular complexity index is 531. The van der Waals surface area contributed by atoms with E-state index in [-0.39, 0.29) is 11.9 Å². The molecule has 0 spiro atoms. The fourth-order valence-electron chi connectivity index (χ4n) is 1.84. The van der Waals surface area contributed by atoms with Crippen LogP contribution in [0.2, 0.25) is 0 Å². The number of hydrogen-bond donors (Lipinski definition) is 1. The Balaban J connectivity index is 2.26. The molecule has 0 aliphatic rings. The zero-order valence-corrected chi connectivity index (χ0v) is 11.6. The van der Waals surface area contributed by atoms with E-state index in [2.05, 4.69) is 26.2 Å². The summed E-state index contributed by atoms with van der Waals surface area (Å²) >= 11 is 3.38. The first kappa shape index (κ1) is 13.0. The van der Waals surface area contributed by atoms with Gasteiger partial charge in [0.15, 0.2) is 0 Å². The maximum Gasteiger partial charge on any atom is 0.129 e. The highest BCUT2D eigenvalue weighted by Gasteiger charge is 2.14. The summed E-state index contributed by atoms with van der Waals surface area (Å²) in [6.45, 7) is 2.02. The van der Waals surface area contributed by atoms with E-state index >= 15 is 0 Å². The molecule has 0 fully saturated rings. The van der Waals surface area contributed by atoms with E-state index in [1.165, 1.54) is 6.07 Å². The molecular weight excluding hydrogens is 295 g/mol. The van der Waals surface area contributed by atoms with Crippen LogP contribution in [0.25, 0.3) is 0 Å². The van der Waals surface area contributed by atoms with Gasteiger partial charge in [0.2, 0.25) is 0 Å². The van der Waals surface area contributed by atoms with Crippen LogP contribution in [0.4, 0.5) is 10.1 Å². The quantitative estimate of drug-likeness (QED) is 0.838. The van der Waals surface area contributed by atoms with Gasteiger partial charge in [-0.05, 0) is 40.5 Å². The number of halogens is 2. The van der Waals surface area contributed by atoms with Gasteiger partial charge in [-0.15, -0.1) is 0 Å². The molecule has 1 N–H and O–H groups in total. The molecule has 1 aromatic carbocycles. The summed E-state index contributed by atoms with van der Waals surface area (Å²) in [7, 11) is 0. The number of nitrogens with one attached hydrogen (secondary N) is 1. The number of pyridine rings is 1. The Labute approximate surface area is 114 Å². The molecule has 0 saturated heterocycles. The molecule has 1 aromatic heterocycles. The lowest BCUT2D eigenvalue weighted by Gasteiger charge is -2.19. The van der Waals surface area contributed by atoms with Gasteiger partial charge in [0, 0.05) is 11.8 Å². The second-order valence-electron chi connectivity index (χ2n) is 3.97. The van der Waals surface area contributed by atoms with Gasteiger partial charge in [-0.2, -0.15) is 0 Å². The van der Waals surface area contributed by atoms with Crippen molar-refractivity contribution in [2.24, 2.45) is 0 Å². The highest BCUT2D eigenvalue weighted by molar-refractivity contribution is 9.10. The summed E-state index contributed by atoms with van der Waals surface area (Å²) in [5, 5.41) is 3.30. The number of aromatic nitrogens is 1. The number of rotatable bonds is 4. The highest BCUT2D eigenvalue weighted by Crippen LogP contribution is 2.27. The summed E-state index contributed by atoms with van der Waals surface area (Å²) < 4.78 is 14.5. The van der Waals surface area contributed by atoms with E-state index in [1.807, 2.05) is 25.1 Å². The third-order valence-electron chi connectivity index (χ3n) is 2.78. The zero-order chi connectivity index (χ0) is 13.0. The summed E-state index contributed by atoms with van der Waals surface area (Å²) in [6, 6.07) is 10.5. The monoisotopic (exact) mass is 308 g/mol. The first-order valence-electron chi connectivity index (χ1n) is 5.84. The predicted octanol–water partition coefficient (Wildman–Crippen LogP) is 4.55. The summed E-state index contributed by atoms with van der Waals surface area (Å²) in [6.07, 6.45) is 2.50. The highest BCUT2D eigenvalue weighted by atomic mass is 79.9. The van der Waals surface area contributed by atoms with E-state index in [0.29, 0.717) is 5.56 Å². The van der Waals surface area contributed by atoms with Crippen molar-refractivity contribution in [1.29, 1.82) is 0 Å². The van der Waals surface area contributed by atoms with E-state index in [4.69, 9.17) is 0 Å². The van der Waals surface area contributed by atoms with Crippen molar-refractivity contribution in [1.82, 2.24) is 4.98 Å². The maximum absolute atomic E-state index is 13.8. The van der Waals surface area contributed by atoms with Crippen LogP contribution < -0.4 is 5.32 Å². The first-order valence-corrected chi connectivity index (χ1v) is 6.63. The van der Waals surface area contributed by atoms with Crippen molar-refractivity contribution >= 4 is 21.6 Å². The molecule has 4 heteroatoms. The van der Waals surface area contributed by atoms with Crippen LogP contribution >= 0.6 is 15.9 Å². The van der Waals surface area contributed by atoms with Gasteiger partial charge in [0.05, 0.1) is 11.7 Å². The topological polar surface area (TPSA) is 24.9 Å². The van der Waals surface area contributed by atoms with Gasteiger partial charge in [-0.25, -0.2) is 9.37 Å². The maximum atomic E-state index is 13.8. The average molecular weight is 309 g/mol. The fourth-order valence-corrected chi connectivity index (χ4v) is 2.20. The Hall–Kier alpha value is -1.42. The number of hydrogen-bond acceptors (Lipinski definition) is 2. The molecule has 1 heterocycles. The SMILES string of the molecule is CCC(Nc1cccnc1Br)c1ccccc1F. The Morgan fingerprint density at radius 2 is 2.06 bits per heavy atom. The molecule has 0 radical (unpaired) electrons. The minimum atomic E-state index is -0.183. The first-order chi connectivity index (χ1) is 8.72. The van der Waals surface area contributed by atoms with Crippen LogP contribution in [0.5, 0.6) is 0 Å². The lowest BCUT2D eigenvalue weighted by atomic mass is 10.0. The Kier molecular flexibility index (Phi) is 4.31. The minimum Gasteiger partial charge on any atom is -0.376 e. The minimum absolute atomic E-state index is 0.0632. The van der Waals surface area contributed by atoms with Gasteiger partial charge < -0.3 is 5.32 Å². The number of nitrogens with zero attached hydrogens (tertiary/aromatic N) is 1. The van der Waals surface area contributed by atoms with E-state index in [9.17, 15) is 4.39 Å². The molecule has 0 amide bonds. The molecule has 2 aromatic rings.